The van der Waals surface area contributed by atoms with Crippen LogP contribution in [0.1, 0.15) is 32.6 Å². The number of nitrogens with zero attached hydrogens (tertiary/aromatic N) is 1. The zero-order valence-corrected chi connectivity index (χ0v) is 11.0. The largest absolute Gasteiger partial charge is 0.353 e. The fourth-order valence-corrected chi connectivity index (χ4v) is 2.85. The van der Waals surface area contributed by atoms with Crippen molar-refractivity contribution in [1.82, 2.24) is 10.2 Å². The number of piperidine rings is 2. The van der Waals surface area contributed by atoms with Crippen LogP contribution in [0.2, 0.25) is 0 Å². The molecule has 0 aromatic carbocycles. The Morgan fingerprint density at radius 1 is 1.56 bits per heavy atom. The van der Waals surface area contributed by atoms with Crippen LogP contribution in [0.25, 0.3) is 0 Å². The van der Waals surface area contributed by atoms with E-state index in [0.29, 0.717) is 25.3 Å². The lowest BCUT2D eigenvalue weighted by atomic mass is 9.85. The number of rotatable bonds is 3. The van der Waals surface area contributed by atoms with E-state index in [2.05, 4.69) is 5.32 Å². The Balaban J connectivity index is 1.87. The van der Waals surface area contributed by atoms with E-state index in [1.807, 2.05) is 11.8 Å². The smallest absolute Gasteiger partial charge is 0.222 e. The molecule has 2 heterocycles. The van der Waals surface area contributed by atoms with Crippen LogP contribution in [0.15, 0.2) is 0 Å². The maximum Gasteiger partial charge on any atom is 0.222 e. The molecular weight excluding hydrogens is 230 g/mol. The number of fused-ring (bicyclic) bond motifs is 1. The second-order valence-electron chi connectivity index (χ2n) is 5.65. The van der Waals surface area contributed by atoms with Crippen molar-refractivity contribution in [1.29, 1.82) is 0 Å². The number of nitrogens with two attached hydrogens (primary N) is 1. The van der Waals surface area contributed by atoms with E-state index in [4.69, 9.17) is 5.73 Å². The SMILES string of the molecule is CC(CN)CC(=O)N1CCC2NC(=O)CCC2C1. The van der Waals surface area contributed by atoms with E-state index in [-0.39, 0.29) is 23.8 Å². The van der Waals surface area contributed by atoms with Crippen molar-refractivity contribution in [3.8, 4) is 0 Å². The lowest BCUT2D eigenvalue weighted by molar-refractivity contribution is -0.135. The summed E-state index contributed by atoms with van der Waals surface area (Å²) >= 11 is 0. The molecule has 3 N–H and O–H groups in total. The molecule has 0 aromatic rings. The Hall–Kier alpha value is -1.10. The highest BCUT2D eigenvalue weighted by Crippen LogP contribution is 2.25. The molecule has 0 spiro atoms. The van der Waals surface area contributed by atoms with Gasteiger partial charge >= 0.3 is 0 Å². The number of nitrogens with one attached hydrogen (secondary N) is 1. The first-order valence-corrected chi connectivity index (χ1v) is 6.87. The van der Waals surface area contributed by atoms with Gasteiger partial charge in [0.2, 0.25) is 11.8 Å². The Labute approximate surface area is 108 Å². The third kappa shape index (κ3) is 3.02. The number of likely N-dealkylation sites (tertiary alicyclic amines) is 1. The molecule has 2 fully saturated rings. The lowest BCUT2D eigenvalue weighted by Gasteiger charge is -2.41. The summed E-state index contributed by atoms with van der Waals surface area (Å²) in [7, 11) is 0. The number of hydrogen-bond donors (Lipinski definition) is 2. The summed E-state index contributed by atoms with van der Waals surface area (Å²) in [6.45, 7) is 4.12. The van der Waals surface area contributed by atoms with Crippen LogP contribution in [0.5, 0.6) is 0 Å². The highest BCUT2D eigenvalue weighted by Gasteiger charge is 2.35. The normalized spacial score (nSPS) is 29.4. The minimum Gasteiger partial charge on any atom is -0.353 e. The van der Waals surface area contributed by atoms with Crippen molar-refractivity contribution in [3.63, 3.8) is 0 Å². The van der Waals surface area contributed by atoms with E-state index in [0.717, 1.165) is 25.9 Å². The van der Waals surface area contributed by atoms with Gasteiger partial charge in [0.05, 0.1) is 0 Å². The highest BCUT2D eigenvalue weighted by atomic mass is 16.2. The summed E-state index contributed by atoms with van der Waals surface area (Å²) in [4.78, 5) is 25.4. The topological polar surface area (TPSA) is 75.4 Å². The highest BCUT2D eigenvalue weighted by molar-refractivity contribution is 5.78. The quantitative estimate of drug-likeness (QED) is 0.749. The molecule has 3 unspecified atom stereocenters. The van der Waals surface area contributed by atoms with E-state index in [9.17, 15) is 9.59 Å². The van der Waals surface area contributed by atoms with Crippen LogP contribution in [-0.2, 0) is 9.59 Å². The summed E-state index contributed by atoms with van der Waals surface area (Å²) in [6.07, 6.45) is 2.94. The minimum absolute atomic E-state index is 0.160. The van der Waals surface area contributed by atoms with E-state index in [1.165, 1.54) is 0 Å². The van der Waals surface area contributed by atoms with Gasteiger partial charge in [-0.05, 0) is 31.2 Å². The second-order valence-corrected chi connectivity index (χ2v) is 5.65. The van der Waals surface area contributed by atoms with Crippen LogP contribution in [0, 0.1) is 11.8 Å². The van der Waals surface area contributed by atoms with Gasteiger partial charge in [0.1, 0.15) is 0 Å². The van der Waals surface area contributed by atoms with Gasteiger partial charge in [-0.1, -0.05) is 6.92 Å². The predicted molar refractivity (Wildman–Crippen MR) is 68.7 cm³/mol. The van der Waals surface area contributed by atoms with Gasteiger partial charge in [-0.3, -0.25) is 9.59 Å². The van der Waals surface area contributed by atoms with Gasteiger partial charge in [0, 0.05) is 32.0 Å². The summed E-state index contributed by atoms with van der Waals surface area (Å²) in [6, 6.07) is 0.280. The van der Waals surface area contributed by atoms with Gasteiger partial charge in [-0.15, -0.1) is 0 Å². The summed E-state index contributed by atoms with van der Waals surface area (Å²) in [5.74, 6) is 1.06. The standard InChI is InChI=1S/C13H23N3O2/c1-9(7-14)6-13(18)16-5-4-11-10(8-16)2-3-12(17)15-11/h9-11H,2-8,14H2,1H3,(H,15,17). The minimum atomic E-state index is 0.160. The zero-order valence-electron chi connectivity index (χ0n) is 11.0. The number of carbonyl (C=O) groups excluding carboxylic acids is 2. The van der Waals surface area contributed by atoms with Gasteiger partial charge < -0.3 is 16.0 Å². The van der Waals surface area contributed by atoms with Gasteiger partial charge in [0.25, 0.3) is 0 Å². The fraction of sp³-hybridized carbons (Fsp3) is 0.846. The average molecular weight is 253 g/mol. The van der Waals surface area contributed by atoms with Crippen molar-refractivity contribution in [2.75, 3.05) is 19.6 Å². The van der Waals surface area contributed by atoms with Gasteiger partial charge in [0.15, 0.2) is 0 Å². The van der Waals surface area contributed by atoms with Crippen LogP contribution in [0.3, 0.4) is 0 Å². The molecule has 5 heteroatoms. The van der Waals surface area contributed by atoms with E-state index < -0.39 is 0 Å². The number of amides is 2. The molecule has 2 saturated heterocycles. The van der Waals surface area contributed by atoms with Crippen molar-refractivity contribution in [2.45, 2.75) is 38.6 Å². The average Bonchev–Trinajstić information content (AvgIpc) is 2.37. The van der Waals surface area contributed by atoms with Crippen molar-refractivity contribution >= 4 is 11.8 Å². The van der Waals surface area contributed by atoms with Crippen LogP contribution in [-0.4, -0.2) is 42.4 Å². The maximum atomic E-state index is 12.1. The monoisotopic (exact) mass is 253 g/mol. The molecule has 0 bridgehead atoms. The second kappa shape index (κ2) is 5.69. The maximum absolute atomic E-state index is 12.1. The van der Waals surface area contributed by atoms with Crippen LogP contribution in [0.4, 0.5) is 0 Å². The Morgan fingerprint density at radius 3 is 3.06 bits per heavy atom. The van der Waals surface area contributed by atoms with Gasteiger partial charge in [-0.25, -0.2) is 0 Å². The summed E-state index contributed by atoms with van der Waals surface area (Å²) in [5.41, 5.74) is 5.55. The first kappa shape index (κ1) is 13.3. The molecule has 0 aliphatic carbocycles. The first-order valence-electron chi connectivity index (χ1n) is 6.87. The fourth-order valence-electron chi connectivity index (χ4n) is 2.85. The summed E-state index contributed by atoms with van der Waals surface area (Å²) < 4.78 is 0. The zero-order chi connectivity index (χ0) is 13.1. The number of hydrogen-bond acceptors (Lipinski definition) is 3. The molecule has 0 radical (unpaired) electrons. The van der Waals surface area contributed by atoms with Crippen molar-refractivity contribution in [3.05, 3.63) is 0 Å². The molecule has 3 atom stereocenters. The Kier molecular flexibility index (Phi) is 4.22. The van der Waals surface area contributed by atoms with Crippen molar-refractivity contribution < 1.29 is 9.59 Å². The van der Waals surface area contributed by atoms with E-state index >= 15 is 0 Å². The molecule has 2 rings (SSSR count). The molecule has 0 saturated carbocycles. The molecule has 18 heavy (non-hydrogen) atoms. The van der Waals surface area contributed by atoms with E-state index in [1.54, 1.807) is 0 Å². The van der Waals surface area contributed by atoms with Crippen molar-refractivity contribution in [2.24, 2.45) is 17.6 Å². The molecule has 2 amide bonds. The molecule has 0 aromatic heterocycles. The third-order valence-corrected chi connectivity index (χ3v) is 4.10. The third-order valence-electron chi connectivity index (χ3n) is 4.10. The lowest BCUT2D eigenvalue weighted by Crippen LogP contribution is -2.55. The molecule has 102 valence electrons. The molecule has 5 nitrogen and oxygen atoms in total. The Morgan fingerprint density at radius 2 is 2.33 bits per heavy atom. The van der Waals surface area contributed by atoms with Gasteiger partial charge in [-0.2, -0.15) is 0 Å². The number of carbonyl (C=O) groups is 2. The molecular formula is C13H23N3O2. The van der Waals surface area contributed by atoms with Crippen LogP contribution >= 0.6 is 0 Å². The summed E-state index contributed by atoms with van der Waals surface area (Å²) in [5, 5.41) is 3.03. The Bertz CT molecular complexity index is 332. The molecule has 2 aliphatic rings. The predicted octanol–water partition coefficient (Wildman–Crippen LogP) is 0.0984. The molecule has 2 aliphatic heterocycles. The first-order chi connectivity index (χ1) is 8.60. The van der Waals surface area contributed by atoms with Crippen LogP contribution < -0.4 is 11.1 Å².